The molecule has 2 N–H and O–H groups in total. The second kappa shape index (κ2) is 9.02. The third-order valence-corrected chi connectivity index (χ3v) is 5.28. The maximum atomic E-state index is 12.5. The van der Waals surface area contributed by atoms with Gasteiger partial charge < -0.3 is 10.6 Å². The number of amides is 1. The highest BCUT2D eigenvalue weighted by molar-refractivity contribution is 6.33. The molecule has 6 nitrogen and oxygen atoms in total. The molecule has 0 aliphatic rings. The topological polar surface area (TPSA) is 76.0 Å². The van der Waals surface area contributed by atoms with Gasteiger partial charge in [0.1, 0.15) is 6.54 Å². The van der Waals surface area contributed by atoms with Crippen LogP contribution in [0, 0.1) is 0 Å². The second-order valence-electron chi connectivity index (χ2n) is 7.21. The normalized spacial score (nSPS) is 11.8. The first-order valence-electron chi connectivity index (χ1n) is 9.86. The third kappa shape index (κ3) is 4.75. The number of rotatable bonds is 6. The lowest BCUT2D eigenvalue weighted by Gasteiger charge is -2.17. The lowest BCUT2D eigenvalue weighted by atomic mass is 10.1. The Morgan fingerprint density at radius 2 is 1.81 bits per heavy atom. The van der Waals surface area contributed by atoms with Gasteiger partial charge in [0, 0.05) is 11.7 Å². The zero-order chi connectivity index (χ0) is 21.8. The van der Waals surface area contributed by atoms with Crippen molar-refractivity contribution >= 4 is 39.8 Å². The molecule has 0 radical (unpaired) electrons. The molecular weight excluding hydrogens is 412 g/mol. The largest absolute Gasteiger partial charge is 0.377 e. The lowest BCUT2D eigenvalue weighted by molar-refractivity contribution is -0.116. The monoisotopic (exact) mass is 432 g/mol. The minimum atomic E-state index is -0.339. The summed E-state index contributed by atoms with van der Waals surface area (Å²) in [6.07, 6.45) is 1.38. The number of para-hydroxylation sites is 1. The van der Waals surface area contributed by atoms with Gasteiger partial charge in [-0.25, -0.2) is 4.98 Å². The second-order valence-corrected chi connectivity index (χ2v) is 7.62. The van der Waals surface area contributed by atoms with Gasteiger partial charge in [0.2, 0.25) is 5.91 Å². The third-order valence-electron chi connectivity index (χ3n) is 4.97. The molecule has 1 heterocycles. The highest BCUT2D eigenvalue weighted by atomic mass is 35.5. The number of aromatic nitrogens is 2. The molecule has 156 valence electrons. The van der Waals surface area contributed by atoms with Gasteiger partial charge in [0.15, 0.2) is 0 Å². The fourth-order valence-corrected chi connectivity index (χ4v) is 3.58. The molecule has 4 rings (SSSR count). The van der Waals surface area contributed by atoms with Crippen molar-refractivity contribution in [3.05, 3.63) is 100 Å². The molecular formula is C24H21ClN4O2. The average molecular weight is 433 g/mol. The van der Waals surface area contributed by atoms with Crippen molar-refractivity contribution < 1.29 is 4.79 Å². The Labute approximate surface area is 184 Å². The molecule has 1 atom stereocenters. The van der Waals surface area contributed by atoms with Gasteiger partial charge in [-0.1, -0.05) is 54.1 Å². The molecule has 0 bridgehead atoms. The predicted molar refractivity (Wildman–Crippen MR) is 125 cm³/mol. The first-order valence-corrected chi connectivity index (χ1v) is 10.2. The minimum absolute atomic E-state index is 0.0754. The van der Waals surface area contributed by atoms with E-state index in [0.717, 1.165) is 11.3 Å². The van der Waals surface area contributed by atoms with E-state index in [1.165, 1.54) is 10.9 Å². The number of nitrogens with zero attached hydrogens (tertiary/aromatic N) is 2. The van der Waals surface area contributed by atoms with Crippen LogP contribution in [-0.2, 0) is 11.3 Å². The number of benzene rings is 3. The highest BCUT2D eigenvalue weighted by Crippen LogP contribution is 2.29. The quantitative estimate of drug-likeness (QED) is 0.456. The van der Waals surface area contributed by atoms with Crippen LogP contribution in [0.1, 0.15) is 18.5 Å². The first-order chi connectivity index (χ1) is 15.0. The van der Waals surface area contributed by atoms with E-state index in [2.05, 4.69) is 22.5 Å². The Kier molecular flexibility index (Phi) is 6.00. The Morgan fingerprint density at radius 3 is 2.58 bits per heavy atom. The molecule has 0 saturated carbocycles. The maximum Gasteiger partial charge on any atom is 0.261 e. The summed E-state index contributed by atoms with van der Waals surface area (Å²) in [5.74, 6) is -0.339. The molecule has 0 aliphatic heterocycles. The fourth-order valence-electron chi connectivity index (χ4n) is 3.34. The van der Waals surface area contributed by atoms with E-state index in [4.69, 9.17) is 11.6 Å². The van der Waals surface area contributed by atoms with Gasteiger partial charge in [-0.3, -0.25) is 14.2 Å². The summed E-state index contributed by atoms with van der Waals surface area (Å²) >= 11 is 6.42. The van der Waals surface area contributed by atoms with Gasteiger partial charge in [-0.15, -0.1) is 0 Å². The molecule has 3 aromatic carbocycles. The van der Waals surface area contributed by atoms with Gasteiger partial charge >= 0.3 is 0 Å². The van der Waals surface area contributed by atoms with Crippen molar-refractivity contribution in [2.45, 2.75) is 19.5 Å². The van der Waals surface area contributed by atoms with E-state index in [9.17, 15) is 9.59 Å². The molecule has 1 amide bonds. The van der Waals surface area contributed by atoms with Crippen LogP contribution >= 0.6 is 11.6 Å². The van der Waals surface area contributed by atoms with E-state index in [1.54, 1.807) is 30.3 Å². The van der Waals surface area contributed by atoms with Crippen LogP contribution in [0.4, 0.5) is 11.4 Å². The van der Waals surface area contributed by atoms with E-state index in [0.29, 0.717) is 21.6 Å². The average Bonchev–Trinajstić information content (AvgIpc) is 2.78. The molecule has 0 fully saturated rings. The van der Waals surface area contributed by atoms with Crippen molar-refractivity contribution in [3.63, 3.8) is 0 Å². The summed E-state index contributed by atoms with van der Waals surface area (Å²) in [6.45, 7) is 1.91. The van der Waals surface area contributed by atoms with Gasteiger partial charge in [0.05, 0.1) is 27.9 Å². The SMILES string of the molecule is CC(Nc1ccc(NC(=O)Cn2cnc3ccccc3c2=O)cc1Cl)c1ccccc1. The number of fused-ring (bicyclic) bond motifs is 1. The van der Waals surface area contributed by atoms with Crippen LogP contribution in [0.2, 0.25) is 5.02 Å². The first kappa shape index (κ1) is 20.6. The molecule has 0 spiro atoms. The van der Waals surface area contributed by atoms with Crippen molar-refractivity contribution in [1.29, 1.82) is 0 Å². The van der Waals surface area contributed by atoms with Crippen LogP contribution in [0.3, 0.4) is 0 Å². The van der Waals surface area contributed by atoms with Crippen LogP contribution in [0.5, 0.6) is 0 Å². The molecule has 7 heteroatoms. The van der Waals surface area contributed by atoms with Crippen molar-refractivity contribution in [3.8, 4) is 0 Å². The fraction of sp³-hybridized carbons (Fsp3) is 0.125. The van der Waals surface area contributed by atoms with Crippen LogP contribution in [0.25, 0.3) is 10.9 Å². The predicted octanol–water partition coefficient (Wildman–Crippen LogP) is 4.86. The van der Waals surface area contributed by atoms with Crippen molar-refractivity contribution in [2.24, 2.45) is 0 Å². The van der Waals surface area contributed by atoms with Crippen LogP contribution in [0.15, 0.2) is 83.9 Å². The van der Waals surface area contributed by atoms with E-state index in [1.807, 2.05) is 42.5 Å². The van der Waals surface area contributed by atoms with Gasteiger partial charge in [-0.2, -0.15) is 0 Å². The summed E-state index contributed by atoms with van der Waals surface area (Å²) in [7, 11) is 0. The van der Waals surface area contributed by atoms with Crippen molar-refractivity contribution in [2.75, 3.05) is 10.6 Å². The highest BCUT2D eigenvalue weighted by Gasteiger charge is 2.11. The van der Waals surface area contributed by atoms with E-state index >= 15 is 0 Å². The Hall–Kier alpha value is -3.64. The number of hydrogen-bond donors (Lipinski definition) is 2. The molecule has 31 heavy (non-hydrogen) atoms. The molecule has 0 aliphatic carbocycles. The number of carbonyl (C=O) groups is 1. The van der Waals surface area contributed by atoms with Gasteiger partial charge in [-0.05, 0) is 42.8 Å². The summed E-state index contributed by atoms with van der Waals surface area (Å²) < 4.78 is 1.29. The van der Waals surface area contributed by atoms with Crippen LogP contribution < -0.4 is 16.2 Å². The molecule has 1 unspecified atom stereocenters. The number of halogens is 1. The minimum Gasteiger partial charge on any atom is -0.377 e. The standard InChI is InChI=1S/C24H21ClN4O2/c1-16(17-7-3-2-4-8-17)27-22-12-11-18(13-20(22)25)28-23(30)14-29-15-26-21-10-6-5-9-19(21)24(29)31/h2-13,15-16,27H,14H2,1H3,(H,28,30). The number of hydrogen-bond acceptors (Lipinski definition) is 4. The molecule has 4 aromatic rings. The summed E-state index contributed by atoms with van der Waals surface area (Å²) in [6, 6.07) is 22.4. The van der Waals surface area contributed by atoms with E-state index in [-0.39, 0.29) is 24.1 Å². The smallest absolute Gasteiger partial charge is 0.261 e. The summed E-state index contributed by atoms with van der Waals surface area (Å²) in [5, 5.41) is 7.12. The summed E-state index contributed by atoms with van der Waals surface area (Å²) in [4.78, 5) is 29.3. The maximum absolute atomic E-state index is 12.5. The lowest BCUT2D eigenvalue weighted by Crippen LogP contribution is -2.27. The molecule has 1 aromatic heterocycles. The Bertz CT molecular complexity index is 1290. The number of anilines is 2. The Morgan fingerprint density at radius 1 is 1.06 bits per heavy atom. The van der Waals surface area contributed by atoms with E-state index < -0.39 is 0 Å². The number of carbonyl (C=O) groups excluding carboxylic acids is 1. The van der Waals surface area contributed by atoms with Crippen LogP contribution in [-0.4, -0.2) is 15.5 Å². The van der Waals surface area contributed by atoms with Crippen molar-refractivity contribution in [1.82, 2.24) is 9.55 Å². The zero-order valence-corrected chi connectivity index (χ0v) is 17.6. The number of nitrogens with one attached hydrogen (secondary N) is 2. The Balaban J connectivity index is 1.44. The zero-order valence-electron chi connectivity index (χ0n) is 16.9. The van der Waals surface area contributed by atoms with Gasteiger partial charge in [0.25, 0.3) is 5.56 Å². The summed E-state index contributed by atoms with van der Waals surface area (Å²) in [5.41, 5.74) is 2.81. The molecule has 0 saturated heterocycles.